The molecule has 0 heterocycles. The lowest BCUT2D eigenvalue weighted by atomic mass is 9.80. The van der Waals surface area contributed by atoms with E-state index in [1.54, 1.807) is 19.2 Å². The Labute approximate surface area is 114 Å². The second-order valence-electron chi connectivity index (χ2n) is 6.83. The van der Waals surface area contributed by atoms with E-state index in [2.05, 4.69) is 0 Å². The summed E-state index contributed by atoms with van der Waals surface area (Å²) in [5.74, 6) is 0.711. The first-order valence-electron chi connectivity index (χ1n) is 6.36. The summed E-state index contributed by atoms with van der Waals surface area (Å²) in [7, 11) is 1.60. The maximum atomic E-state index is 11.3. The number of nitro benzene ring substituents is 1. The monoisotopic (exact) mass is 265 g/mol. The Bertz CT molecular complexity index is 493. The number of methoxy groups -OCH3 is 1. The molecule has 19 heavy (non-hydrogen) atoms. The van der Waals surface area contributed by atoms with E-state index in [4.69, 9.17) is 4.74 Å². The van der Waals surface area contributed by atoms with Gasteiger partial charge in [-0.1, -0.05) is 41.5 Å². The first-order chi connectivity index (χ1) is 8.48. The number of benzene rings is 1. The summed E-state index contributed by atoms with van der Waals surface area (Å²) in [6, 6.07) is 3.46. The smallest absolute Gasteiger partial charge is 0.273 e. The largest absolute Gasteiger partial charge is 0.496 e. The van der Waals surface area contributed by atoms with E-state index in [1.165, 1.54) is 0 Å². The molecule has 0 N–H and O–H groups in total. The zero-order valence-corrected chi connectivity index (χ0v) is 12.8. The van der Waals surface area contributed by atoms with E-state index in [9.17, 15) is 10.1 Å². The zero-order chi connectivity index (χ0) is 15.0. The van der Waals surface area contributed by atoms with Crippen molar-refractivity contribution in [2.75, 3.05) is 7.11 Å². The Kier molecular flexibility index (Phi) is 3.94. The molecule has 0 unspecified atom stereocenters. The second-order valence-corrected chi connectivity index (χ2v) is 6.83. The molecular formula is C15H23NO3. The van der Waals surface area contributed by atoms with Crippen LogP contribution < -0.4 is 4.74 Å². The molecule has 0 bridgehead atoms. The molecule has 0 saturated heterocycles. The van der Waals surface area contributed by atoms with Crippen LogP contribution in [0.4, 0.5) is 5.69 Å². The SMILES string of the molecule is COc1cc(C(C)(C)C)c([N+](=O)[O-])cc1C(C)(C)C. The van der Waals surface area contributed by atoms with Crippen LogP contribution in [0.2, 0.25) is 0 Å². The van der Waals surface area contributed by atoms with Crippen molar-refractivity contribution in [2.45, 2.75) is 52.4 Å². The van der Waals surface area contributed by atoms with Gasteiger partial charge in [0.2, 0.25) is 0 Å². The highest BCUT2D eigenvalue weighted by atomic mass is 16.6. The van der Waals surface area contributed by atoms with Crippen molar-refractivity contribution in [2.24, 2.45) is 0 Å². The molecule has 0 atom stereocenters. The van der Waals surface area contributed by atoms with E-state index in [0.29, 0.717) is 11.3 Å². The van der Waals surface area contributed by atoms with Crippen molar-refractivity contribution in [3.8, 4) is 5.75 Å². The van der Waals surface area contributed by atoms with Crippen LogP contribution in [0.1, 0.15) is 52.7 Å². The Balaban J connectivity index is 3.66. The van der Waals surface area contributed by atoms with Crippen LogP contribution in [0.25, 0.3) is 0 Å². The van der Waals surface area contributed by atoms with Gasteiger partial charge in [0, 0.05) is 17.2 Å². The van der Waals surface area contributed by atoms with E-state index in [1.807, 2.05) is 41.5 Å². The van der Waals surface area contributed by atoms with Gasteiger partial charge in [-0.05, 0) is 16.9 Å². The summed E-state index contributed by atoms with van der Waals surface area (Å²) in [5, 5.41) is 11.3. The van der Waals surface area contributed by atoms with Gasteiger partial charge in [-0.3, -0.25) is 10.1 Å². The van der Waals surface area contributed by atoms with Gasteiger partial charge in [-0.15, -0.1) is 0 Å². The maximum Gasteiger partial charge on any atom is 0.273 e. The molecule has 0 aliphatic carbocycles. The van der Waals surface area contributed by atoms with E-state index in [0.717, 1.165) is 5.56 Å². The summed E-state index contributed by atoms with van der Waals surface area (Å²) in [6.07, 6.45) is 0. The molecule has 1 aromatic rings. The van der Waals surface area contributed by atoms with Crippen LogP contribution in [0.3, 0.4) is 0 Å². The van der Waals surface area contributed by atoms with Crippen LogP contribution in [0.5, 0.6) is 5.75 Å². The highest BCUT2D eigenvalue weighted by molar-refractivity contribution is 5.55. The van der Waals surface area contributed by atoms with Gasteiger partial charge < -0.3 is 4.74 Å². The molecule has 0 aliphatic heterocycles. The number of nitro groups is 1. The lowest BCUT2D eigenvalue weighted by molar-refractivity contribution is -0.386. The highest BCUT2D eigenvalue weighted by Gasteiger charge is 2.30. The van der Waals surface area contributed by atoms with Crippen LogP contribution in [-0.2, 0) is 10.8 Å². The quantitative estimate of drug-likeness (QED) is 0.595. The fourth-order valence-corrected chi connectivity index (χ4v) is 2.08. The minimum atomic E-state index is -0.310. The lowest BCUT2D eigenvalue weighted by Crippen LogP contribution is -2.18. The Morgan fingerprint density at radius 2 is 1.47 bits per heavy atom. The summed E-state index contributed by atoms with van der Waals surface area (Å²) in [5.41, 5.74) is 1.22. The molecule has 1 aromatic carbocycles. The molecule has 1 rings (SSSR count). The van der Waals surface area contributed by atoms with Gasteiger partial charge in [0.05, 0.1) is 12.0 Å². The minimum Gasteiger partial charge on any atom is -0.496 e. The molecule has 0 fully saturated rings. The van der Waals surface area contributed by atoms with Gasteiger partial charge in [-0.2, -0.15) is 0 Å². The fraction of sp³-hybridized carbons (Fsp3) is 0.600. The van der Waals surface area contributed by atoms with Crippen molar-refractivity contribution in [3.63, 3.8) is 0 Å². The number of hydrogen-bond acceptors (Lipinski definition) is 3. The third-order valence-corrected chi connectivity index (χ3v) is 3.13. The van der Waals surface area contributed by atoms with E-state index < -0.39 is 0 Å². The van der Waals surface area contributed by atoms with Crippen molar-refractivity contribution in [1.82, 2.24) is 0 Å². The maximum absolute atomic E-state index is 11.3. The summed E-state index contributed by atoms with van der Waals surface area (Å²) < 4.78 is 5.42. The molecule has 0 aliphatic rings. The molecular weight excluding hydrogens is 242 g/mol. The standard InChI is InChI=1S/C15H23NO3/c1-14(2,3)10-9-13(19-7)11(15(4,5)6)8-12(10)16(17)18/h8-9H,1-7H3. The van der Waals surface area contributed by atoms with Gasteiger partial charge in [-0.25, -0.2) is 0 Å². The predicted octanol–water partition coefficient (Wildman–Crippen LogP) is 4.20. The van der Waals surface area contributed by atoms with Gasteiger partial charge in [0.25, 0.3) is 5.69 Å². The summed E-state index contributed by atoms with van der Waals surface area (Å²) in [6.45, 7) is 11.9. The Morgan fingerprint density at radius 1 is 1.00 bits per heavy atom. The number of nitrogens with zero attached hydrogens (tertiary/aromatic N) is 1. The van der Waals surface area contributed by atoms with Gasteiger partial charge in [0.15, 0.2) is 0 Å². The van der Waals surface area contributed by atoms with Gasteiger partial charge >= 0.3 is 0 Å². The number of hydrogen-bond donors (Lipinski definition) is 0. The minimum absolute atomic E-state index is 0.165. The van der Waals surface area contributed by atoms with Crippen LogP contribution in [0, 0.1) is 10.1 Å². The number of ether oxygens (including phenoxy) is 1. The Hall–Kier alpha value is -1.58. The third-order valence-electron chi connectivity index (χ3n) is 3.13. The molecule has 0 spiro atoms. The van der Waals surface area contributed by atoms with Crippen molar-refractivity contribution in [1.29, 1.82) is 0 Å². The lowest BCUT2D eigenvalue weighted by Gasteiger charge is -2.25. The van der Waals surface area contributed by atoms with Crippen LogP contribution >= 0.6 is 0 Å². The van der Waals surface area contributed by atoms with Crippen LogP contribution in [-0.4, -0.2) is 12.0 Å². The molecule has 0 aromatic heterocycles. The topological polar surface area (TPSA) is 52.4 Å². The van der Waals surface area contributed by atoms with Crippen molar-refractivity contribution >= 4 is 5.69 Å². The zero-order valence-electron chi connectivity index (χ0n) is 12.8. The normalized spacial score (nSPS) is 12.4. The second kappa shape index (κ2) is 4.83. The molecule has 106 valence electrons. The van der Waals surface area contributed by atoms with Crippen LogP contribution in [0.15, 0.2) is 12.1 Å². The van der Waals surface area contributed by atoms with E-state index in [-0.39, 0.29) is 21.4 Å². The van der Waals surface area contributed by atoms with Crippen molar-refractivity contribution < 1.29 is 9.66 Å². The average molecular weight is 265 g/mol. The molecule has 4 nitrogen and oxygen atoms in total. The fourth-order valence-electron chi connectivity index (χ4n) is 2.08. The third kappa shape index (κ3) is 3.25. The summed E-state index contributed by atoms with van der Waals surface area (Å²) in [4.78, 5) is 11.0. The Morgan fingerprint density at radius 3 is 1.79 bits per heavy atom. The summed E-state index contributed by atoms with van der Waals surface area (Å²) >= 11 is 0. The average Bonchev–Trinajstić information content (AvgIpc) is 2.24. The van der Waals surface area contributed by atoms with Gasteiger partial charge in [0.1, 0.15) is 5.75 Å². The molecule has 0 saturated carbocycles. The molecule has 0 amide bonds. The number of rotatable bonds is 2. The van der Waals surface area contributed by atoms with E-state index >= 15 is 0 Å². The highest BCUT2D eigenvalue weighted by Crippen LogP contribution is 2.40. The van der Waals surface area contributed by atoms with Crippen molar-refractivity contribution in [3.05, 3.63) is 33.4 Å². The first kappa shape index (κ1) is 15.5. The molecule has 0 radical (unpaired) electrons. The predicted molar refractivity (Wildman–Crippen MR) is 77.0 cm³/mol. The first-order valence-corrected chi connectivity index (χ1v) is 6.36. The molecule has 4 heteroatoms.